The van der Waals surface area contributed by atoms with Crippen molar-refractivity contribution in [2.45, 2.75) is 95.4 Å². The number of primary amides is 1. The van der Waals surface area contributed by atoms with Crippen LogP contribution in [0.2, 0.25) is 0 Å². The van der Waals surface area contributed by atoms with Crippen LogP contribution >= 0.6 is 0 Å². The van der Waals surface area contributed by atoms with E-state index in [0.717, 1.165) is 0 Å². The first-order valence-corrected chi connectivity index (χ1v) is 17.5. The van der Waals surface area contributed by atoms with Gasteiger partial charge < -0.3 is 59.3 Å². The summed E-state index contributed by atoms with van der Waals surface area (Å²) in [6.07, 6.45) is 0.194. The van der Waals surface area contributed by atoms with Crippen LogP contribution in [0.25, 0.3) is 0 Å². The second kappa shape index (κ2) is 24.6. The molecule has 0 saturated heterocycles. The van der Waals surface area contributed by atoms with Crippen molar-refractivity contribution in [3.05, 3.63) is 35.9 Å². The minimum absolute atomic E-state index is 0.0224. The van der Waals surface area contributed by atoms with Gasteiger partial charge in [0.05, 0.1) is 25.6 Å². The quantitative estimate of drug-likeness (QED) is 0.0413. The van der Waals surface area contributed by atoms with Gasteiger partial charge in [0.1, 0.15) is 24.2 Å². The Balaban J connectivity index is 2.91. The van der Waals surface area contributed by atoms with E-state index in [0.29, 0.717) is 31.4 Å². The Kier molecular flexibility index (Phi) is 21.1. The number of aliphatic carboxylic acids is 2. The van der Waals surface area contributed by atoms with E-state index < -0.39 is 109 Å². The molecule has 1 rings (SSSR count). The number of unbranched alkanes of at least 4 members (excludes halogenated alkanes) is 1. The third-order valence-corrected chi connectivity index (χ3v) is 8.20. The van der Waals surface area contributed by atoms with Gasteiger partial charge in [0, 0.05) is 12.8 Å². The van der Waals surface area contributed by atoms with Gasteiger partial charge in [-0.05, 0) is 43.7 Å². The van der Waals surface area contributed by atoms with Crippen LogP contribution < -0.4 is 49.1 Å². The van der Waals surface area contributed by atoms with Gasteiger partial charge in [-0.25, -0.2) is 4.79 Å². The van der Waals surface area contributed by atoms with Gasteiger partial charge in [-0.2, -0.15) is 0 Å². The van der Waals surface area contributed by atoms with Gasteiger partial charge in [-0.1, -0.05) is 50.6 Å². The molecule has 0 spiro atoms. The Morgan fingerprint density at radius 3 is 1.93 bits per heavy atom. The van der Waals surface area contributed by atoms with Gasteiger partial charge in [0.25, 0.3) is 0 Å². The third kappa shape index (κ3) is 18.2. The smallest absolute Gasteiger partial charge is 0.326 e. The molecule has 0 bridgehead atoms. The fraction of sp³-hybridized carbons (Fsp3) is 0.559. The zero-order valence-corrected chi connectivity index (χ0v) is 30.4. The fourth-order valence-electron chi connectivity index (χ4n) is 4.92. The number of amides is 7. The summed E-state index contributed by atoms with van der Waals surface area (Å²) in [5.74, 6) is -8.89. The summed E-state index contributed by atoms with van der Waals surface area (Å²) in [6, 6.07) is 1.99. The molecule has 0 heterocycles. The molecule has 0 saturated carbocycles. The molecule has 54 heavy (non-hydrogen) atoms. The van der Waals surface area contributed by atoms with Crippen LogP contribution in [0.15, 0.2) is 30.3 Å². The zero-order valence-electron chi connectivity index (χ0n) is 30.4. The topological polar surface area (TPSA) is 344 Å². The number of carboxylic acids is 2. The van der Waals surface area contributed by atoms with Crippen LogP contribution in [-0.4, -0.2) is 113 Å². The van der Waals surface area contributed by atoms with Crippen LogP contribution in [-0.2, 0) is 49.6 Å². The van der Waals surface area contributed by atoms with E-state index in [9.17, 15) is 48.3 Å². The molecular weight excluding hydrogens is 710 g/mol. The first-order chi connectivity index (χ1) is 25.5. The SMILES string of the molecule is CC[C@H](C)[C@H](NC(=O)[C@H](CCC(N)=O)NC(=O)CNC(=O)CNC(=O)[C@H](Cc1ccccc1)NC(=O)[C@@H](N)CC(=O)O)C(=O)N[C@@H](CCCCN)C(=O)O. The molecule has 20 nitrogen and oxygen atoms in total. The Morgan fingerprint density at radius 1 is 0.722 bits per heavy atom. The number of carbonyl (C=O) groups excluding carboxylic acids is 7. The van der Waals surface area contributed by atoms with Gasteiger partial charge in [0.15, 0.2) is 0 Å². The lowest BCUT2D eigenvalue weighted by Crippen LogP contribution is -2.58. The Bertz CT molecular complexity index is 1460. The van der Waals surface area contributed by atoms with E-state index in [-0.39, 0.29) is 25.7 Å². The summed E-state index contributed by atoms with van der Waals surface area (Å²) < 4.78 is 0. The van der Waals surface area contributed by atoms with Crippen LogP contribution in [0.5, 0.6) is 0 Å². The standard InChI is InChI=1S/C34H53N9O11/c1-3-19(2)29(33(52)41-23(34(53)54)11-7-8-14-35)43-32(51)22(12-13-25(37)44)40-27(46)18-38-26(45)17-39-31(50)24(15-20-9-5-4-6-10-20)42-30(49)21(36)16-28(47)48/h4-6,9-10,19,21-24,29H,3,7-8,11-18,35-36H2,1-2H3,(H2,37,44)(H,38,45)(H,39,50)(H,40,46)(H,41,52)(H,42,49)(H,43,51)(H,47,48)(H,53,54)/t19-,21-,22-,23-,24-,29-/m0/s1. The molecule has 0 fully saturated rings. The second-order valence-corrected chi connectivity index (χ2v) is 12.6. The highest BCUT2D eigenvalue weighted by atomic mass is 16.4. The van der Waals surface area contributed by atoms with Gasteiger partial charge in [-0.3, -0.25) is 38.4 Å². The number of carbonyl (C=O) groups is 9. The Morgan fingerprint density at radius 2 is 1.35 bits per heavy atom. The predicted molar refractivity (Wildman–Crippen MR) is 193 cm³/mol. The molecule has 14 N–H and O–H groups in total. The number of carboxylic acid groups (broad SMARTS) is 2. The van der Waals surface area contributed by atoms with E-state index in [1.54, 1.807) is 44.2 Å². The maximum Gasteiger partial charge on any atom is 0.326 e. The summed E-state index contributed by atoms with van der Waals surface area (Å²) in [7, 11) is 0. The van der Waals surface area contributed by atoms with E-state index in [4.69, 9.17) is 22.3 Å². The van der Waals surface area contributed by atoms with Gasteiger partial charge in [-0.15, -0.1) is 0 Å². The number of rotatable bonds is 26. The minimum atomic E-state index is -1.44. The van der Waals surface area contributed by atoms with Crippen LogP contribution in [0.1, 0.15) is 64.4 Å². The summed E-state index contributed by atoms with van der Waals surface area (Å²) >= 11 is 0. The lowest BCUT2D eigenvalue weighted by Gasteiger charge is -2.27. The highest BCUT2D eigenvalue weighted by Crippen LogP contribution is 2.11. The number of hydrogen-bond acceptors (Lipinski definition) is 11. The monoisotopic (exact) mass is 763 g/mol. The summed E-state index contributed by atoms with van der Waals surface area (Å²) in [4.78, 5) is 112. The summed E-state index contributed by atoms with van der Waals surface area (Å²) in [6.45, 7) is 2.43. The van der Waals surface area contributed by atoms with E-state index in [1.807, 2.05) is 0 Å². The number of nitrogens with two attached hydrogens (primary N) is 3. The number of benzene rings is 1. The molecule has 0 aromatic heterocycles. The molecule has 0 aliphatic carbocycles. The van der Waals surface area contributed by atoms with Crippen molar-refractivity contribution in [3.8, 4) is 0 Å². The average molecular weight is 764 g/mol. The normalized spacial score (nSPS) is 14.1. The van der Waals surface area contributed by atoms with E-state index in [1.165, 1.54) is 0 Å². The van der Waals surface area contributed by atoms with Crippen molar-refractivity contribution < 1.29 is 53.4 Å². The maximum atomic E-state index is 13.3. The second-order valence-electron chi connectivity index (χ2n) is 12.6. The largest absolute Gasteiger partial charge is 0.481 e. The molecular formula is C34H53N9O11. The first kappa shape index (κ1) is 46.4. The van der Waals surface area contributed by atoms with Crippen molar-refractivity contribution in [2.75, 3.05) is 19.6 Å². The van der Waals surface area contributed by atoms with Crippen molar-refractivity contribution in [1.82, 2.24) is 31.9 Å². The molecule has 0 unspecified atom stereocenters. The van der Waals surface area contributed by atoms with E-state index >= 15 is 0 Å². The fourth-order valence-corrected chi connectivity index (χ4v) is 4.92. The van der Waals surface area contributed by atoms with Crippen molar-refractivity contribution in [3.63, 3.8) is 0 Å². The minimum Gasteiger partial charge on any atom is -0.481 e. The van der Waals surface area contributed by atoms with Crippen molar-refractivity contribution in [1.29, 1.82) is 0 Å². The molecule has 1 aromatic carbocycles. The third-order valence-electron chi connectivity index (χ3n) is 8.20. The maximum absolute atomic E-state index is 13.3. The van der Waals surface area contributed by atoms with Crippen molar-refractivity contribution in [2.24, 2.45) is 23.1 Å². The first-order valence-electron chi connectivity index (χ1n) is 17.5. The lowest BCUT2D eigenvalue weighted by atomic mass is 9.96. The molecule has 0 aliphatic heterocycles. The van der Waals surface area contributed by atoms with Gasteiger partial charge in [0.2, 0.25) is 41.4 Å². The van der Waals surface area contributed by atoms with Crippen molar-refractivity contribution >= 4 is 53.3 Å². The highest BCUT2D eigenvalue weighted by Gasteiger charge is 2.32. The average Bonchev–Trinajstić information content (AvgIpc) is 3.12. The molecule has 6 atom stereocenters. The Hall–Kier alpha value is -5.63. The summed E-state index contributed by atoms with van der Waals surface area (Å²) in [5.41, 5.74) is 17.0. The lowest BCUT2D eigenvalue weighted by molar-refractivity contribution is -0.143. The predicted octanol–water partition coefficient (Wildman–Crippen LogP) is -3.27. The van der Waals surface area contributed by atoms with Crippen LogP contribution in [0.4, 0.5) is 0 Å². The molecule has 7 amide bonds. The number of hydrogen-bond donors (Lipinski definition) is 11. The summed E-state index contributed by atoms with van der Waals surface area (Å²) in [5, 5.41) is 32.9. The number of nitrogens with one attached hydrogen (secondary N) is 6. The molecule has 20 heteroatoms. The molecule has 1 aromatic rings. The van der Waals surface area contributed by atoms with Crippen LogP contribution in [0.3, 0.4) is 0 Å². The molecule has 0 radical (unpaired) electrons. The highest BCUT2D eigenvalue weighted by molar-refractivity contribution is 5.96. The molecule has 300 valence electrons. The van der Waals surface area contributed by atoms with E-state index in [2.05, 4.69) is 31.9 Å². The Labute approximate surface area is 312 Å². The zero-order chi connectivity index (χ0) is 40.8. The van der Waals surface area contributed by atoms with Gasteiger partial charge >= 0.3 is 11.9 Å². The van der Waals surface area contributed by atoms with Crippen LogP contribution in [0, 0.1) is 5.92 Å². The molecule has 0 aliphatic rings.